The van der Waals surface area contributed by atoms with Gasteiger partial charge in [-0.25, -0.2) is 0 Å². The third kappa shape index (κ3) is 1.83. The van der Waals surface area contributed by atoms with Gasteiger partial charge in [0.15, 0.2) is 0 Å². The summed E-state index contributed by atoms with van der Waals surface area (Å²) in [7, 11) is 0. The minimum atomic E-state index is 0.00880. The van der Waals surface area contributed by atoms with Crippen LogP contribution in [0.3, 0.4) is 0 Å². The van der Waals surface area contributed by atoms with Crippen molar-refractivity contribution in [3.05, 3.63) is 18.1 Å². The van der Waals surface area contributed by atoms with E-state index in [-0.39, 0.29) is 5.91 Å². The molecule has 3 heteroatoms. The predicted molar refractivity (Wildman–Crippen MR) is 42.4 cm³/mol. The largest absolute Gasteiger partial charge is 0.467 e. The first-order valence-electron chi connectivity index (χ1n) is 3.58. The van der Waals surface area contributed by atoms with E-state index in [0.29, 0.717) is 6.42 Å². The zero-order valence-electron chi connectivity index (χ0n) is 6.68. The quantitative estimate of drug-likeness (QED) is 0.705. The fourth-order valence-corrected chi connectivity index (χ4v) is 0.753. The number of nitrogens with one attached hydrogen (secondary N) is 1. The maximum absolute atomic E-state index is 10.9. The number of carbonyl (C=O) groups is 1. The highest BCUT2D eigenvalue weighted by Crippen LogP contribution is 2.14. The van der Waals surface area contributed by atoms with Crippen LogP contribution in [-0.2, 0) is 4.79 Å². The summed E-state index contributed by atoms with van der Waals surface area (Å²) in [5.74, 6) is 0.751. The smallest absolute Gasteiger partial charge is 0.224 e. The molecule has 0 atom stereocenters. The Morgan fingerprint density at radius 3 is 2.91 bits per heavy atom. The van der Waals surface area contributed by atoms with Crippen molar-refractivity contribution in [3.8, 4) is 0 Å². The van der Waals surface area contributed by atoms with Gasteiger partial charge in [0.05, 0.1) is 12.0 Å². The second kappa shape index (κ2) is 3.23. The number of hydrogen-bond acceptors (Lipinski definition) is 2. The zero-order valence-corrected chi connectivity index (χ0v) is 6.68. The molecule has 0 unspecified atom stereocenters. The highest BCUT2D eigenvalue weighted by atomic mass is 16.3. The molecule has 60 valence electrons. The molecule has 0 aliphatic rings. The highest BCUT2D eigenvalue weighted by Gasteiger charge is 2.02. The zero-order chi connectivity index (χ0) is 8.27. The van der Waals surface area contributed by atoms with Gasteiger partial charge in [0.25, 0.3) is 0 Å². The first-order valence-corrected chi connectivity index (χ1v) is 3.58. The van der Waals surface area contributed by atoms with Gasteiger partial charge in [-0.15, -0.1) is 0 Å². The van der Waals surface area contributed by atoms with E-state index in [0.717, 1.165) is 11.4 Å². The Hall–Kier alpha value is -1.25. The molecule has 1 rings (SSSR count). The van der Waals surface area contributed by atoms with Crippen molar-refractivity contribution in [1.29, 1.82) is 0 Å². The molecule has 0 fully saturated rings. The summed E-state index contributed by atoms with van der Waals surface area (Å²) >= 11 is 0. The van der Waals surface area contributed by atoms with E-state index in [1.807, 2.05) is 13.8 Å². The maximum atomic E-state index is 10.9. The van der Waals surface area contributed by atoms with Crippen LogP contribution in [0.5, 0.6) is 0 Å². The van der Waals surface area contributed by atoms with Crippen LogP contribution >= 0.6 is 0 Å². The number of furan rings is 1. The average molecular weight is 153 g/mol. The van der Waals surface area contributed by atoms with Crippen molar-refractivity contribution in [3.63, 3.8) is 0 Å². The summed E-state index contributed by atoms with van der Waals surface area (Å²) < 4.78 is 5.00. The topological polar surface area (TPSA) is 42.2 Å². The molecule has 0 aliphatic carbocycles. The molecule has 0 aliphatic heterocycles. The van der Waals surface area contributed by atoms with E-state index in [9.17, 15) is 4.79 Å². The summed E-state index contributed by atoms with van der Waals surface area (Å²) in [6.45, 7) is 3.62. The molecular formula is C8H11NO2. The van der Waals surface area contributed by atoms with E-state index in [4.69, 9.17) is 4.42 Å². The number of amides is 1. The van der Waals surface area contributed by atoms with Crippen LogP contribution in [-0.4, -0.2) is 5.91 Å². The van der Waals surface area contributed by atoms with E-state index < -0.39 is 0 Å². The minimum Gasteiger partial charge on any atom is -0.467 e. The molecule has 1 aromatic heterocycles. The SMILES string of the molecule is CCC(=O)Nc1ccoc1C. The van der Waals surface area contributed by atoms with Crippen LogP contribution in [0, 0.1) is 6.92 Å². The van der Waals surface area contributed by atoms with Crippen molar-refractivity contribution >= 4 is 11.6 Å². The van der Waals surface area contributed by atoms with Gasteiger partial charge < -0.3 is 9.73 Å². The second-order valence-electron chi connectivity index (χ2n) is 2.29. The molecular weight excluding hydrogens is 142 g/mol. The minimum absolute atomic E-state index is 0.00880. The summed E-state index contributed by atoms with van der Waals surface area (Å²) in [5.41, 5.74) is 0.761. The molecule has 1 heterocycles. The van der Waals surface area contributed by atoms with Gasteiger partial charge >= 0.3 is 0 Å². The molecule has 11 heavy (non-hydrogen) atoms. The third-order valence-electron chi connectivity index (χ3n) is 1.45. The van der Waals surface area contributed by atoms with Crippen LogP contribution in [0.25, 0.3) is 0 Å². The normalized spacial score (nSPS) is 9.64. The Labute approximate surface area is 65.4 Å². The first kappa shape index (κ1) is 7.85. The van der Waals surface area contributed by atoms with Gasteiger partial charge in [0.1, 0.15) is 5.76 Å². The molecule has 0 saturated carbocycles. The fourth-order valence-electron chi connectivity index (χ4n) is 0.753. The molecule has 0 saturated heterocycles. The number of hydrogen-bond donors (Lipinski definition) is 1. The lowest BCUT2D eigenvalue weighted by atomic mass is 10.3. The van der Waals surface area contributed by atoms with E-state index in [2.05, 4.69) is 5.32 Å². The molecule has 1 N–H and O–H groups in total. The van der Waals surface area contributed by atoms with Gasteiger partial charge in [0, 0.05) is 12.5 Å². The van der Waals surface area contributed by atoms with Crippen molar-refractivity contribution in [2.24, 2.45) is 0 Å². The van der Waals surface area contributed by atoms with Gasteiger partial charge in [-0.1, -0.05) is 6.92 Å². The molecule has 1 aromatic rings. The summed E-state index contributed by atoms with van der Waals surface area (Å²) in [4.78, 5) is 10.9. The van der Waals surface area contributed by atoms with Gasteiger partial charge in [-0.3, -0.25) is 4.79 Å². The van der Waals surface area contributed by atoms with Crippen LogP contribution < -0.4 is 5.32 Å². The summed E-state index contributed by atoms with van der Waals surface area (Å²) in [6.07, 6.45) is 2.05. The van der Waals surface area contributed by atoms with Crippen molar-refractivity contribution in [1.82, 2.24) is 0 Å². The molecule has 3 nitrogen and oxygen atoms in total. The second-order valence-corrected chi connectivity index (χ2v) is 2.29. The van der Waals surface area contributed by atoms with Crippen LogP contribution in [0.4, 0.5) is 5.69 Å². The summed E-state index contributed by atoms with van der Waals surface area (Å²) in [5, 5.41) is 2.71. The third-order valence-corrected chi connectivity index (χ3v) is 1.45. The van der Waals surface area contributed by atoms with E-state index >= 15 is 0 Å². The summed E-state index contributed by atoms with van der Waals surface area (Å²) in [6, 6.07) is 1.74. The Morgan fingerprint density at radius 1 is 1.73 bits per heavy atom. The monoisotopic (exact) mass is 153 g/mol. The van der Waals surface area contributed by atoms with Gasteiger partial charge in [0.2, 0.25) is 5.91 Å². The van der Waals surface area contributed by atoms with Crippen molar-refractivity contribution in [2.45, 2.75) is 20.3 Å². The first-order chi connectivity index (χ1) is 5.24. The fraction of sp³-hybridized carbons (Fsp3) is 0.375. The number of anilines is 1. The van der Waals surface area contributed by atoms with Gasteiger partial charge in [-0.2, -0.15) is 0 Å². The van der Waals surface area contributed by atoms with E-state index in [1.165, 1.54) is 0 Å². The Balaban J connectivity index is 2.64. The molecule has 0 radical (unpaired) electrons. The lowest BCUT2D eigenvalue weighted by molar-refractivity contribution is -0.115. The predicted octanol–water partition coefficient (Wildman–Crippen LogP) is 1.94. The van der Waals surface area contributed by atoms with Crippen LogP contribution in [0.2, 0.25) is 0 Å². The number of aryl methyl sites for hydroxylation is 1. The average Bonchev–Trinajstić information content (AvgIpc) is 2.37. The lowest BCUT2D eigenvalue weighted by Crippen LogP contribution is -2.09. The van der Waals surface area contributed by atoms with Crippen LogP contribution in [0.1, 0.15) is 19.1 Å². The maximum Gasteiger partial charge on any atom is 0.224 e. The van der Waals surface area contributed by atoms with Crippen molar-refractivity contribution < 1.29 is 9.21 Å². The van der Waals surface area contributed by atoms with Crippen LogP contribution in [0.15, 0.2) is 16.7 Å². The highest BCUT2D eigenvalue weighted by molar-refractivity contribution is 5.90. The number of carbonyl (C=O) groups excluding carboxylic acids is 1. The Bertz CT molecular complexity index is 252. The lowest BCUT2D eigenvalue weighted by Gasteiger charge is -1.99. The molecule has 1 amide bonds. The Kier molecular flexibility index (Phi) is 2.31. The Morgan fingerprint density at radius 2 is 2.45 bits per heavy atom. The molecule has 0 spiro atoms. The van der Waals surface area contributed by atoms with Crippen molar-refractivity contribution in [2.75, 3.05) is 5.32 Å². The van der Waals surface area contributed by atoms with Gasteiger partial charge in [-0.05, 0) is 6.92 Å². The standard InChI is InChI=1S/C8H11NO2/c1-3-8(10)9-7-4-5-11-6(7)2/h4-5H,3H2,1-2H3,(H,9,10). The van der Waals surface area contributed by atoms with E-state index in [1.54, 1.807) is 12.3 Å². The molecule has 0 aromatic carbocycles. The number of rotatable bonds is 2. The molecule has 0 bridgehead atoms.